The van der Waals surface area contributed by atoms with Gasteiger partial charge in [0.1, 0.15) is 6.10 Å². The summed E-state index contributed by atoms with van der Waals surface area (Å²) in [7, 11) is 0. The lowest BCUT2D eigenvalue weighted by atomic mass is 9.96. The molecule has 0 radical (unpaired) electrons. The first-order valence-electron chi connectivity index (χ1n) is 10.4. The van der Waals surface area contributed by atoms with Crippen molar-refractivity contribution in [1.82, 2.24) is 25.0 Å². The van der Waals surface area contributed by atoms with Crippen LogP contribution in [0.2, 0.25) is 0 Å². The summed E-state index contributed by atoms with van der Waals surface area (Å²) in [5.74, 6) is 0.923. The van der Waals surface area contributed by atoms with Gasteiger partial charge in [-0.3, -0.25) is 0 Å². The number of ether oxygens (including phenoxy) is 1. The van der Waals surface area contributed by atoms with Gasteiger partial charge in [0.15, 0.2) is 11.6 Å². The van der Waals surface area contributed by atoms with Crippen LogP contribution in [0.3, 0.4) is 0 Å². The Kier molecular flexibility index (Phi) is 4.74. The third kappa shape index (κ3) is 3.37. The Hall–Kier alpha value is -3.26. The van der Waals surface area contributed by atoms with Crippen molar-refractivity contribution >= 4 is 17.2 Å². The van der Waals surface area contributed by atoms with Crippen LogP contribution in [0.5, 0.6) is 5.75 Å². The van der Waals surface area contributed by atoms with Crippen molar-refractivity contribution in [1.29, 1.82) is 0 Å². The second-order valence-corrected chi connectivity index (χ2v) is 9.13. The molecular formula is C23H24N6OS. The van der Waals surface area contributed by atoms with Crippen molar-refractivity contribution in [3.05, 3.63) is 57.2 Å². The first-order chi connectivity index (χ1) is 14.9. The second kappa shape index (κ2) is 7.46. The highest BCUT2D eigenvalue weighted by molar-refractivity contribution is 7.12. The minimum atomic E-state index is -0.225. The third-order valence-corrected chi connectivity index (χ3v) is 6.57. The fourth-order valence-corrected chi connectivity index (χ4v) is 5.08. The van der Waals surface area contributed by atoms with Gasteiger partial charge in [0.25, 0.3) is 0 Å². The standard InChI is InChI=1S/C23H24N6OS/c1-5-29-22-15-9-19(23(24)25-11-15)30-13(3)17-8-12(2)6-7-16(17)21-20(31-14(4)26-21)10-18(22)27-28-29/h6-9,11,13H,5,10H2,1-4H3,(H2,24,25)/t13-/m1/s1. The molecule has 2 bridgehead atoms. The van der Waals surface area contributed by atoms with Crippen molar-refractivity contribution in [3.63, 3.8) is 0 Å². The van der Waals surface area contributed by atoms with Crippen LogP contribution < -0.4 is 10.5 Å². The molecule has 1 aliphatic rings. The number of anilines is 1. The molecule has 0 unspecified atom stereocenters. The summed E-state index contributed by atoms with van der Waals surface area (Å²) in [5, 5.41) is 9.93. The average Bonchev–Trinajstić information content (AvgIpc) is 3.32. The number of fused-ring (bicyclic) bond motifs is 7. The van der Waals surface area contributed by atoms with E-state index in [1.165, 1.54) is 10.4 Å². The molecule has 8 heteroatoms. The van der Waals surface area contributed by atoms with Gasteiger partial charge in [-0.25, -0.2) is 14.6 Å². The van der Waals surface area contributed by atoms with E-state index in [0.717, 1.165) is 38.8 Å². The Morgan fingerprint density at radius 1 is 1.26 bits per heavy atom. The Balaban J connectivity index is 1.81. The summed E-state index contributed by atoms with van der Waals surface area (Å²) in [6.07, 6.45) is 2.19. The van der Waals surface area contributed by atoms with E-state index < -0.39 is 0 Å². The normalized spacial score (nSPS) is 15.2. The molecule has 0 amide bonds. The minimum Gasteiger partial charge on any atom is -0.482 e. The van der Waals surface area contributed by atoms with Crippen molar-refractivity contribution in [2.75, 3.05) is 5.73 Å². The highest BCUT2D eigenvalue weighted by Gasteiger charge is 2.25. The van der Waals surface area contributed by atoms with Crippen LogP contribution in [-0.2, 0) is 13.0 Å². The van der Waals surface area contributed by atoms with Gasteiger partial charge < -0.3 is 10.5 Å². The number of nitrogen functional groups attached to an aromatic ring is 1. The van der Waals surface area contributed by atoms with Gasteiger partial charge in [-0.05, 0) is 33.8 Å². The number of rotatable bonds is 1. The van der Waals surface area contributed by atoms with Crippen LogP contribution in [-0.4, -0.2) is 25.0 Å². The zero-order valence-corrected chi connectivity index (χ0v) is 18.8. The SMILES string of the molecule is CCn1nnc2c1-c1cnc(N)c(c1)O[C@H](C)c1cc(C)ccc1-c1nc(C)sc1C2. The lowest BCUT2D eigenvalue weighted by Crippen LogP contribution is -2.09. The van der Waals surface area contributed by atoms with Crippen LogP contribution in [0.1, 0.15) is 46.7 Å². The fraction of sp³-hybridized carbons (Fsp3) is 0.304. The topological polar surface area (TPSA) is 91.7 Å². The monoisotopic (exact) mass is 432 g/mol. The summed E-state index contributed by atoms with van der Waals surface area (Å²) in [4.78, 5) is 10.5. The molecule has 1 aromatic carbocycles. The Morgan fingerprint density at radius 2 is 2.10 bits per heavy atom. The molecule has 5 rings (SSSR count). The van der Waals surface area contributed by atoms with E-state index in [1.54, 1.807) is 17.5 Å². The van der Waals surface area contributed by atoms with E-state index in [1.807, 2.05) is 24.6 Å². The molecular weight excluding hydrogens is 408 g/mol. The molecule has 1 aliphatic heterocycles. The molecule has 0 fully saturated rings. The molecule has 4 aromatic rings. The molecule has 0 saturated heterocycles. The third-order valence-electron chi connectivity index (χ3n) is 5.60. The van der Waals surface area contributed by atoms with Gasteiger partial charge in [-0.1, -0.05) is 29.0 Å². The van der Waals surface area contributed by atoms with Gasteiger partial charge in [0, 0.05) is 40.7 Å². The van der Waals surface area contributed by atoms with Gasteiger partial charge in [-0.2, -0.15) is 0 Å². The Morgan fingerprint density at radius 3 is 2.90 bits per heavy atom. The first kappa shape index (κ1) is 19.7. The smallest absolute Gasteiger partial charge is 0.166 e. The summed E-state index contributed by atoms with van der Waals surface area (Å²) < 4.78 is 8.26. The lowest BCUT2D eigenvalue weighted by molar-refractivity contribution is 0.228. The number of nitrogens with two attached hydrogens (primary N) is 1. The summed E-state index contributed by atoms with van der Waals surface area (Å²) in [5.41, 5.74) is 13.2. The quantitative estimate of drug-likeness (QED) is 0.468. The van der Waals surface area contributed by atoms with Crippen LogP contribution in [0, 0.1) is 13.8 Å². The zero-order chi connectivity index (χ0) is 21.7. The van der Waals surface area contributed by atoms with E-state index in [9.17, 15) is 0 Å². The van der Waals surface area contributed by atoms with E-state index in [0.29, 0.717) is 24.5 Å². The van der Waals surface area contributed by atoms with Crippen molar-refractivity contribution in [2.45, 2.75) is 46.8 Å². The zero-order valence-electron chi connectivity index (χ0n) is 18.0. The van der Waals surface area contributed by atoms with Gasteiger partial charge in [0.2, 0.25) is 0 Å². The number of aryl methyl sites for hydroxylation is 3. The maximum absolute atomic E-state index is 6.36. The number of hydrogen-bond donors (Lipinski definition) is 1. The Bertz CT molecular complexity index is 1290. The first-order valence-corrected chi connectivity index (χ1v) is 11.2. The van der Waals surface area contributed by atoms with Crippen LogP contribution in [0.4, 0.5) is 5.82 Å². The molecule has 3 aromatic heterocycles. The maximum Gasteiger partial charge on any atom is 0.166 e. The second-order valence-electron chi connectivity index (χ2n) is 7.84. The predicted molar refractivity (Wildman–Crippen MR) is 122 cm³/mol. The molecule has 31 heavy (non-hydrogen) atoms. The van der Waals surface area contributed by atoms with Crippen LogP contribution in [0.15, 0.2) is 30.5 Å². The minimum absolute atomic E-state index is 0.225. The van der Waals surface area contributed by atoms with Crippen molar-refractivity contribution in [3.8, 4) is 28.3 Å². The molecule has 158 valence electrons. The van der Waals surface area contributed by atoms with Gasteiger partial charge in [0.05, 0.1) is 22.1 Å². The van der Waals surface area contributed by atoms with E-state index in [-0.39, 0.29) is 6.10 Å². The van der Waals surface area contributed by atoms with E-state index >= 15 is 0 Å². The predicted octanol–water partition coefficient (Wildman–Crippen LogP) is 4.73. The van der Waals surface area contributed by atoms with Crippen LogP contribution in [0.25, 0.3) is 22.5 Å². The number of thiazole rings is 1. The highest BCUT2D eigenvalue weighted by atomic mass is 32.1. The molecule has 0 aliphatic carbocycles. The molecule has 0 saturated carbocycles. The molecule has 0 spiro atoms. The molecule has 4 heterocycles. The van der Waals surface area contributed by atoms with Crippen molar-refractivity contribution in [2.24, 2.45) is 0 Å². The molecule has 2 N–H and O–H groups in total. The number of nitrogens with zero attached hydrogens (tertiary/aromatic N) is 5. The van der Waals surface area contributed by atoms with E-state index in [4.69, 9.17) is 15.5 Å². The maximum atomic E-state index is 6.36. The molecule has 1 atom stereocenters. The summed E-state index contributed by atoms with van der Waals surface area (Å²) in [6, 6.07) is 8.36. The van der Waals surface area contributed by atoms with Crippen molar-refractivity contribution < 1.29 is 4.74 Å². The van der Waals surface area contributed by atoms with Gasteiger partial charge in [-0.15, -0.1) is 16.4 Å². The highest BCUT2D eigenvalue weighted by Crippen LogP contribution is 2.39. The lowest BCUT2D eigenvalue weighted by Gasteiger charge is -2.21. The summed E-state index contributed by atoms with van der Waals surface area (Å²) >= 11 is 1.70. The summed E-state index contributed by atoms with van der Waals surface area (Å²) in [6.45, 7) is 8.92. The number of benzene rings is 1. The van der Waals surface area contributed by atoms with E-state index in [2.05, 4.69) is 47.3 Å². The largest absolute Gasteiger partial charge is 0.482 e. The number of hydrogen-bond acceptors (Lipinski definition) is 7. The number of aromatic nitrogens is 5. The Labute approximate surface area is 184 Å². The fourth-order valence-electron chi connectivity index (χ4n) is 4.12. The molecule has 7 nitrogen and oxygen atoms in total. The average molecular weight is 433 g/mol. The number of pyridine rings is 1. The van der Waals surface area contributed by atoms with Crippen LogP contribution >= 0.6 is 11.3 Å². The van der Waals surface area contributed by atoms with Gasteiger partial charge >= 0.3 is 0 Å².